The van der Waals surface area contributed by atoms with Gasteiger partial charge in [-0.1, -0.05) is 11.6 Å². The third-order valence-electron chi connectivity index (χ3n) is 2.55. The number of halogens is 2. The van der Waals surface area contributed by atoms with Gasteiger partial charge in [-0.05, 0) is 24.6 Å². The number of aliphatic carboxylic acids is 1. The topological polar surface area (TPSA) is 101 Å². The highest BCUT2D eigenvalue weighted by molar-refractivity contribution is 7.90. The molecule has 1 atom stereocenters. The molecule has 0 aliphatic carbocycles. The van der Waals surface area contributed by atoms with Crippen LogP contribution in [0.15, 0.2) is 18.2 Å². The van der Waals surface area contributed by atoms with Gasteiger partial charge >= 0.3 is 5.97 Å². The van der Waals surface area contributed by atoms with E-state index in [1.165, 1.54) is 6.07 Å². The SMILES string of the molecule is CS(=O)(=O)CCC(NC(=O)c1cc(Cl)ccc1F)C(=O)O. The monoisotopic (exact) mass is 337 g/mol. The lowest BCUT2D eigenvalue weighted by Crippen LogP contribution is -2.42. The smallest absolute Gasteiger partial charge is 0.326 e. The van der Waals surface area contributed by atoms with E-state index in [1.54, 1.807) is 0 Å². The Labute approximate surface area is 125 Å². The van der Waals surface area contributed by atoms with Crippen molar-refractivity contribution in [2.75, 3.05) is 12.0 Å². The number of nitrogens with one attached hydrogen (secondary N) is 1. The number of rotatable bonds is 6. The summed E-state index contributed by atoms with van der Waals surface area (Å²) in [7, 11) is -3.38. The molecule has 1 rings (SSSR count). The summed E-state index contributed by atoms with van der Waals surface area (Å²) in [6.45, 7) is 0. The van der Waals surface area contributed by atoms with Crippen molar-refractivity contribution < 1.29 is 27.5 Å². The molecule has 0 spiro atoms. The molecule has 116 valence electrons. The van der Waals surface area contributed by atoms with E-state index in [1.807, 2.05) is 0 Å². The van der Waals surface area contributed by atoms with Crippen LogP contribution >= 0.6 is 11.6 Å². The Hall–Kier alpha value is -1.67. The first-order valence-corrected chi connectivity index (χ1v) is 8.20. The molecule has 0 saturated carbocycles. The second kappa shape index (κ2) is 6.86. The Kier molecular flexibility index (Phi) is 5.68. The number of amides is 1. The molecule has 9 heteroatoms. The predicted octanol–water partition coefficient (Wildman–Crippen LogP) is 1.10. The van der Waals surface area contributed by atoms with Gasteiger partial charge in [0.2, 0.25) is 0 Å². The van der Waals surface area contributed by atoms with Crippen LogP contribution in [-0.2, 0) is 14.6 Å². The molecule has 2 N–H and O–H groups in total. The van der Waals surface area contributed by atoms with Gasteiger partial charge in [0, 0.05) is 11.3 Å². The van der Waals surface area contributed by atoms with Gasteiger partial charge in [-0.15, -0.1) is 0 Å². The summed E-state index contributed by atoms with van der Waals surface area (Å²) in [6.07, 6.45) is 0.631. The van der Waals surface area contributed by atoms with Crippen LogP contribution in [0.25, 0.3) is 0 Å². The summed E-state index contributed by atoms with van der Waals surface area (Å²) < 4.78 is 35.5. The van der Waals surface area contributed by atoms with E-state index < -0.39 is 44.9 Å². The minimum Gasteiger partial charge on any atom is -0.480 e. The summed E-state index contributed by atoms with van der Waals surface area (Å²) in [4.78, 5) is 22.8. The molecule has 21 heavy (non-hydrogen) atoms. The van der Waals surface area contributed by atoms with Crippen molar-refractivity contribution in [2.24, 2.45) is 0 Å². The molecule has 0 aromatic heterocycles. The van der Waals surface area contributed by atoms with E-state index in [4.69, 9.17) is 16.7 Å². The van der Waals surface area contributed by atoms with Crippen molar-refractivity contribution in [3.63, 3.8) is 0 Å². The Balaban J connectivity index is 2.86. The number of carbonyl (C=O) groups is 2. The zero-order valence-electron chi connectivity index (χ0n) is 11.0. The highest BCUT2D eigenvalue weighted by atomic mass is 35.5. The standard InChI is InChI=1S/C12H13ClFNO5S/c1-21(19,20)5-4-10(12(17)18)15-11(16)8-6-7(13)2-3-9(8)14/h2-3,6,10H,4-5H2,1H3,(H,15,16)(H,17,18). The number of carboxylic acid groups (broad SMARTS) is 1. The lowest BCUT2D eigenvalue weighted by molar-refractivity contribution is -0.139. The van der Waals surface area contributed by atoms with Gasteiger partial charge < -0.3 is 10.4 Å². The van der Waals surface area contributed by atoms with Crippen LogP contribution < -0.4 is 5.32 Å². The zero-order valence-corrected chi connectivity index (χ0v) is 12.5. The first-order valence-electron chi connectivity index (χ1n) is 5.76. The maximum atomic E-state index is 13.5. The fourth-order valence-electron chi connectivity index (χ4n) is 1.50. The summed E-state index contributed by atoms with van der Waals surface area (Å²) in [6, 6.07) is 1.84. The van der Waals surface area contributed by atoms with Gasteiger partial charge in [-0.25, -0.2) is 17.6 Å². The van der Waals surface area contributed by atoms with Crippen LogP contribution in [0.4, 0.5) is 4.39 Å². The number of sulfone groups is 1. The zero-order chi connectivity index (χ0) is 16.2. The van der Waals surface area contributed by atoms with Gasteiger partial charge in [-0.2, -0.15) is 0 Å². The first-order chi connectivity index (χ1) is 9.60. The normalized spacial score (nSPS) is 12.7. The largest absolute Gasteiger partial charge is 0.480 e. The second-order valence-corrected chi connectivity index (χ2v) is 7.10. The number of hydrogen-bond acceptors (Lipinski definition) is 4. The number of benzene rings is 1. The molecule has 6 nitrogen and oxygen atoms in total. The van der Waals surface area contributed by atoms with Crippen LogP contribution in [0, 0.1) is 5.82 Å². The molecule has 1 aromatic carbocycles. The second-order valence-electron chi connectivity index (χ2n) is 4.41. The molecule has 0 aliphatic heterocycles. The van der Waals surface area contributed by atoms with Gasteiger partial charge in [0.05, 0.1) is 11.3 Å². The number of hydrogen-bond donors (Lipinski definition) is 2. The van der Waals surface area contributed by atoms with Gasteiger partial charge in [0.1, 0.15) is 21.7 Å². The van der Waals surface area contributed by atoms with Crippen molar-refractivity contribution in [3.8, 4) is 0 Å². The quantitative estimate of drug-likeness (QED) is 0.809. The van der Waals surface area contributed by atoms with Gasteiger partial charge in [-0.3, -0.25) is 4.79 Å². The van der Waals surface area contributed by atoms with E-state index in [0.717, 1.165) is 18.4 Å². The lowest BCUT2D eigenvalue weighted by Gasteiger charge is -2.14. The highest BCUT2D eigenvalue weighted by Crippen LogP contribution is 2.15. The molecule has 0 saturated heterocycles. The molecule has 1 unspecified atom stereocenters. The number of carbonyl (C=O) groups excluding carboxylic acids is 1. The predicted molar refractivity (Wildman–Crippen MR) is 74.6 cm³/mol. The van der Waals surface area contributed by atoms with Crippen molar-refractivity contribution in [3.05, 3.63) is 34.6 Å². The van der Waals surface area contributed by atoms with Gasteiger partial charge in [0.15, 0.2) is 0 Å². The molecule has 0 aliphatic rings. The van der Waals surface area contributed by atoms with Crippen molar-refractivity contribution in [1.29, 1.82) is 0 Å². The summed E-state index contributed by atoms with van der Waals surface area (Å²) in [5.41, 5.74) is -0.409. The molecule has 0 fully saturated rings. The average Bonchev–Trinajstić information content (AvgIpc) is 2.35. The Morgan fingerprint density at radius 2 is 2.05 bits per heavy atom. The first kappa shape index (κ1) is 17.4. The third kappa shape index (κ3) is 5.68. The molecule has 0 bridgehead atoms. The minimum atomic E-state index is -3.38. The van der Waals surface area contributed by atoms with Crippen LogP contribution in [0.5, 0.6) is 0 Å². The lowest BCUT2D eigenvalue weighted by atomic mass is 10.1. The summed E-state index contributed by atoms with van der Waals surface area (Å²) >= 11 is 5.64. The van der Waals surface area contributed by atoms with Gasteiger partial charge in [0.25, 0.3) is 5.91 Å². The number of carboxylic acids is 1. The van der Waals surface area contributed by atoms with Crippen LogP contribution in [0.3, 0.4) is 0 Å². The van der Waals surface area contributed by atoms with Crippen LogP contribution in [0.1, 0.15) is 16.8 Å². The van der Waals surface area contributed by atoms with E-state index in [9.17, 15) is 22.4 Å². The molecule has 0 heterocycles. The van der Waals surface area contributed by atoms with E-state index in [2.05, 4.69) is 5.32 Å². The molecular formula is C12H13ClFNO5S. The fourth-order valence-corrected chi connectivity index (χ4v) is 2.33. The Morgan fingerprint density at radius 3 is 2.57 bits per heavy atom. The third-order valence-corrected chi connectivity index (χ3v) is 3.77. The van der Waals surface area contributed by atoms with Crippen LogP contribution in [-0.4, -0.2) is 43.5 Å². The van der Waals surface area contributed by atoms with E-state index in [0.29, 0.717) is 0 Å². The maximum absolute atomic E-state index is 13.5. The molecule has 1 amide bonds. The molecule has 0 radical (unpaired) electrons. The average molecular weight is 338 g/mol. The summed E-state index contributed by atoms with van der Waals surface area (Å²) in [5, 5.41) is 11.1. The van der Waals surface area contributed by atoms with Crippen molar-refractivity contribution >= 4 is 33.3 Å². The van der Waals surface area contributed by atoms with E-state index >= 15 is 0 Å². The minimum absolute atomic E-state index is 0.115. The van der Waals surface area contributed by atoms with Crippen molar-refractivity contribution in [2.45, 2.75) is 12.5 Å². The highest BCUT2D eigenvalue weighted by Gasteiger charge is 2.23. The van der Waals surface area contributed by atoms with Crippen LogP contribution in [0.2, 0.25) is 5.02 Å². The fraction of sp³-hybridized carbons (Fsp3) is 0.333. The summed E-state index contributed by atoms with van der Waals surface area (Å²) in [5.74, 6) is -3.66. The van der Waals surface area contributed by atoms with E-state index in [-0.39, 0.29) is 11.4 Å². The molecule has 1 aromatic rings. The maximum Gasteiger partial charge on any atom is 0.326 e. The van der Waals surface area contributed by atoms with Crippen molar-refractivity contribution in [1.82, 2.24) is 5.32 Å². The Bertz CT molecular complexity index is 662. The Morgan fingerprint density at radius 1 is 1.43 bits per heavy atom. The molecular weight excluding hydrogens is 325 g/mol.